The van der Waals surface area contributed by atoms with Gasteiger partial charge < -0.3 is 4.57 Å². The average Bonchev–Trinajstić information content (AvgIpc) is 3.46. The van der Waals surface area contributed by atoms with Crippen molar-refractivity contribution in [1.29, 1.82) is 0 Å². The van der Waals surface area contributed by atoms with Gasteiger partial charge in [0.15, 0.2) is 5.69 Å². The molecule has 0 bridgehead atoms. The zero-order chi connectivity index (χ0) is 20.2. The van der Waals surface area contributed by atoms with E-state index < -0.39 is 0 Å². The number of para-hydroxylation sites is 2. The number of anilines is 1. The second kappa shape index (κ2) is 6.52. The number of benzene rings is 2. The number of imidazole rings is 1. The minimum absolute atomic E-state index is 0.108. The van der Waals surface area contributed by atoms with E-state index in [9.17, 15) is 9.18 Å². The fraction of sp³-hybridized carbons (Fsp3) is 0.261. The van der Waals surface area contributed by atoms with Crippen molar-refractivity contribution in [2.24, 2.45) is 0 Å². The minimum Gasteiger partial charge on any atom is -0.308 e. The molecule has 0 fully saturated rings. The van der Waals surface area contributed by atoms with E-state index in [0.717, 1.165) is 60.2 Å². The van der Waals surface area contributed by atoms with Crippen LogP contribution in [0.25, 0.3) is 16.7 Å². The fourth-order valence-electron chi connectivity index (χ4n) is 4.68. The minimum atomic E-state index is -0.285. The van der Waals surface area contributed by atoms with Gasteiger partial charge in [-0.15, -0.1) is 0 Å². The lowest BCUT2D eigenvalue weighted by Gasteiger charge is -2.16. The average molecular weight is 401 g/mol. The van der Waals surface area contributed by atoms with Crippen LogP contribution in [0.5, 0.6) is 0 Å². The summed E-state index contributed by atoms with van der Waals surface area (Å²) in [5.74, 6) is 0.289. The molecule has 0 saturated heterocycles. The lowest BCUT2D eigenvalue weighted by Crippen LogP contribution is -2.30. The molecule has 0 unspecified atom stereocenters. The highest BCUT2D eigenvalue weighted by molar-refractivity contribution is 6.06. The molecule has 1 amide bonds. The van der Waals surface area contributed by atoms with Crippen LogP contribution in [0.4, 0.5) is 10.3 Å². The standard InChI is InChI=1S/C23H20FN5O/c24-15-9-11-16(12-10-15)29-19-7-3-1-5-17(19)21(26-29)22(30)28-14-13-27-20-8-4-2-6-18(20)25-23(27)28/h2,4,6,8-12H,1,3,5,7,13-14H2. The number of hydrogen-bond acceptors (Lipinski definition) is 3. The molecular formula is C23H20FN5O. The van der Waals surface area contributed by atoms with Gasteiger partial charge in [0, 0.05) is 24.3 Å². The van der Waals surface area contributed by atoms with E-state index >= 15 is 0 Å². The maximum Gasteiger partial charge on any atom is 0.281 e. The molecule has 6 rings (SSSR count). The van der Waals surface area contributed by atoms with Crippen LogP contribution in [0.2, 0.25) is 0 Å². The van der Waals surface area contributed by atoms with E-state index in [1.165, 1.54) is 12.1 Å². The number of fused-ring (bicyclic) bond motifs is 4. The summed E-state index contributed by atoms with van der Waals surface area (Å²) in [5.41, 5.74) is 5.29. The summed E-state index contributed by atoms with van der Waals surface area (Å²) in [6.45, 7) is 1.31. The van der Waals surface area contributed by atoms with Crippen LogP contribution in [0.3, 0.4) is 0 Å². The molecule has 7 heteroatoms. The van der Waals surface area contributed by atoms with Crippen molar-refractivity contribution < 1.29 is 9.18 Å². The second-order valence-electron chi connectivity index (χ2n) is 7.88. The highest BCUT2D eigenvalue weighted by Gasteiger charge is 2.34. The molecule has 2 aliphatic rings. The molecule has 4 aromatic rings. The molecule has 0 atom stereocenters. The molecule has 0 radical (unpaired) electrons. The molecule has 30 heavy (non-hydrogen) atoms. The van der Waals surface area contributed by atoms with Gasteiger partial charge in [-0.05, 0) is 62.1 Å². The summed E-state index contributed by atoms with van der Waals surface area (Å²) in [7, 11) is 0. The van der Waals surface area contributed by atoms with Gasteiger partial charge in [-0.3, -0.25) is 9.69 Å². The number of carbonyl (C=O) groups excluding carboxylic acids is 1. The second-order valence-corrected chi connectivity index (χ2v) is 7.88. The van der Waals surface area contributed by atoms with E-state index in [2.05, 4.69) is 4.57 Å². The molecular weight excluding hydrogens is 381 g/mol. The van der Waals surface area contributed by atoms with Gasteiger partial charge in [-0.25, -0.2) is 14.1 Å². The summed E-state index contributed by atoms with van der Waals surface area (Å²) in [6, 6.07) is 14.2. The summed E-state index contributed by atoms with van der Waals surface area (Å²) in [4.78, 5) is 20.0. The van der Waals surface area contributed by atoms with Gasteiger partial charge >= 0.3 is 0 Å². The number of carbonyl (C=O) groups is 1. The smallest absolute Gasteiger partial charge is 0.281 e. The molecule has 2 aromatic heterocycles. The van der Waals surface area contributed by atoms with Crippen LogP contribution in [-0.4, -0.2) is 31.8 Å². The van der Waals surface area contributed by atoms with Gasteiger partial charge in [0.1, 0.15) is 5.82 Å². The van der Waals surface area contributed by atoms with Gasteiger partial charge in [0.05, 0.1) is 16.7 Å². The summed E-state index contributed by atoms with van der Waals surface area (Å²) in [6.07, 6.45) is 3.81. The maximum atomic E-state index is 13.6. The van der Waals surface area contributed by atoms with E-state index in [-0.39, 0.29) is 11.7 Å². The lowest BCUT2D eigenvalue weighted by atomic mass is 9.95. The molecule has 1 aliphatic carbocycles. The Bertz CT molecular complexity index is 1290. The Labute approximate surface area is 172 Å². The van der Waals surface area contributed by atoms with Gasteiger partial charge in [0.25, 0.3) is 5.91 Å². The Morgan fingerprint density at radius 3 is 2.63 bits per heavy atom. The topological polar surface area (TPSA) is 56.0 Å². The molecule has 0 spiro atoms. The third-order valence-electron chi connectivity index (χ3n) is 6.12. The first kappa shape index (κ1) is 17.4. The van der Waals surface area contributed by atoms with Crippen molar-refractivity contribution >= 4 is 22.9 Å². The molecule has 0 N–H and O–H groups in total. The summed E-state index contributed by atoms with van der Waals surface area (Å²) < 4.78 is 17.3. The van der Waals surface area contributed by atoms with Crippen LogP contribution >= 0.6 is 0 Å². The van der Waals surface area contributed by atoms with Crippen molar-refractivity contribution in [2.75, 3.05) is 11.4 Å². The Balaban J connectivity index is 1.44. The predicted molar refractivity (Wildman–Crippen MR) is 112 cm³/mol. The number of nitrogens with zero attached hydrogens (tertiary/aromatic N) is 5. The van der Waals surface area contributed by atoms with Crippen LogP contribution in [0.15, 0.2) is 48.5 Å². The number of aromatic nitrogens is 4. The van der Waals surface area contributed by atoms with Crippen molar-refractivity contribution in [3.63, 3.8) is 0 Å². The fourth-order valence-corrected chi connectivity index (χ4v) is 4.68. The van der Waals surface area contributed by atoms with E-state index in [1.807, 2.05) is 28.9 Å². The Morgan fingerprint density at radius 1 is 0.967 bits per heavy atom. The highest BCUT2D eigenvalue weighted by Crippen LogP contribution is 2.32. The third-order valence-corrected chi connectivity index (χ3v) is 6.12. The number of halogens is 1. The highest BCUT2D eigenvalue weighted by atomic mass is 19.1. The van der Waals surface area contributed by atoms with Crippen molar-refractivity contribution in [3.05, 3.63) is 71.3 Å². The van der Waals surface area contributed by atoms with Gasteiger partial charge in [-0.1, -0.05) is 12.1 Å². The van der Waals surface area contributed by atoms with Gasteiger partial charge in [0.2, 0.25) is 5.95 Å². The largest absolute Gasteiger partial charge is 0.308 e. The molecule has 2 aromatic carbocycles. The first-order chi connectivity index (χ1) is 14.7. The zero-order valence-corrected chi connectivity index (χ0v) is 16.4. The summed E-state index contributed by atoms with van der Waals surface area (Å²) >= 11 is 0. The molecule has 1 aliphatic heterocycles. The van der Waals surface area contributed by atoms with Crippen molar-refractivity contribution in [2.45, 2.75) is 32.2 Å². The molecule has 0 saturated carbocycles. The Kier molecular flexibility index (Phi) is 3.78. The maximum absolute atomic E-state index is 13.6. The van der Waals surface area contributed by atoms with Crippen molar-refractivity contribution in [3.8, 4) is 5.69 Å². The number of rotatable bonds is 2. The van der Waals surface area contributed by atoms with E-state index in [4.69, 9.17) is 10.1 Å². The SMILES string of the molecule is O=C(c1nn(-c2ccc(F)cc2)c2c1CCCC2)N1CCn2c1nc1ccccc12. The first-order valence-electron chi connectivity index (χ1n) is 10.3. The normalized spacial score (nSPS) is 15.4. The summed E-state index contributed by atoms with van der Waals surface area (Å²) in [5, 5.41) is 4.73. The van der Waals surface area contributed by atoms with E-state index in [1.54, 1.807) is 17.0 Å². The third kappa shape index (κ3) is 2.51. The number of hydrogen-bond donors (Lipinski definition) is 0. The van der Waals surface area contributed by atoms with Gasteiger partial charge in [-0.2, -0.15) is 5.10 Å². The number of amides is 1. The van der Waals surface area contributed by atoms with Crippen LogP contribution in [-0.2, 0) is 19.4 Å². The van der Waals surface area contributed by atoms with Crippen LogP contribution in [0.1, 0.15) is 34.6 Å². The zero-order valence-electron chi connectivity index (χ0n) is 16.4. The van der Waals surface area contributed by atoms with Crippen LogP contribution in [0, 0.1) is 5.82 Å². The molecule has 6 nitrogen and oxygen atoms in total. The predicted octanol–water partition coefficient (Wildman–Crippen LogP) is 3.90. The van der Waals surface area contributed by atoms with Crippen LogP contribution < -0.4 is 4.90 Å². The molecule has 3 heterocycles. The van der Waals surface area contributed by atoms with E-state index in [0.29, 0.717) is 18.2 Å². The Morgan fingerprint density at radius 2 is 1.77 bits per heavy atom. The molecule has 150 valence electrons. The Hall–Kier alpha value is -3.48. The lowest BCUT2D eigenvalue weighted by molar-refractivity contribution is 0.0982. The quantitative estimate of drug-likeness (QED) is 0.512. The first-order valence-corrected chi connectivity index (χ1v) is 10.3. The monoisotopic (exact) mass is 401 g/mol. The van der Waals surface area contributed by atoms with Crippen molar-refractivity contribution in [1.82, 2.24) is 19.3 Å².